The van der Waals surface area contributed by atoms with E-state index in [4.69, 9.17) is 0 Å². The van der Waals surface area contributed by atoms with Crippen molar-refractivity contribution in [3.8, 4) is 0 Å². The van der Waals surface area contributed by atoms with E-state index >= 15 is 0 Å². The molecule has 1 rings (SSSR count). The summed E-state index contributed by atoms with van der Waals surface area (Å²) in [5.41, 5.74) is 0. The molecule has 0 heterocycles. The second-order valence-corrected chi connectivity index (χ2v) is 4.04. The van der Waals surface area contributed by atoms with Gasteiger partial charge in [0.25, 0.3) is 0 Å². The van der Waals surface area contributed by atoms with E-state index in [9.17, 15) is 0 Å². The molecule has 0 saturated heterocycles. The first-order chi connectivity index (χ1) is 7.00. The van der Waals surface area contributed by atoms with Crippen LogP contribution in [0, 0.1) is 6.42 Å². The van der Waals surface area contributed by atoms with Crippen LogP contribution >= 0.6 is 0 Å². The second-order valence-electron chi connectivity index (χ2n) is 4.04. The summed E-state index contributed by atoms with van der Waals surface area (Å²) in [6.45, 7) is 0. The molecule has 1 aliphatic carbocycles. The summed E-state index contributed by atoms with van der Waals surface area (Å²) >= 11 is 0. The molecule has 0 amide bonds. The maximum atomic E-state index is 2.38. The van der Waals surface area contributed by atoms with E-state index in [1.165, 1.54) is 51.4 Å². The molecule has 0 atom stereocenters. The van der Waals surface area contributed by atoms with Gasteiger partial charge >= 0.3 is 0 Å². The number of rotatable bonds is 0. The van der Waals surface area contributed by atoms with E-state index < -0.39 is 0 Å². The number of hydrogen-bond acceptors (Lipinski definition) is 0. The lowest BCUT2D eigenvalue weighted by molar-refractivity contribution is 0.651. The Kier molecular flexibility index (Phi) is 7.47. The van der Waals surface area contributed by atoms with Crippen molar-refractivity contribution in [3.63, 3.8) is 0 Å². The van der Waals surface area contributed by atoms with Crippen LogP contribution in [-0.4, -0.2) is 0 Å². The molecule has 0 aliphatic heterocycles. The van der Waals surface area contributed by atoms with E-state index in [0.717, 1.165) is 6.42 Å². The summed E-state index contributed by atoms with van der Waals surface area (Å²) in [6, 6.07) is 0. The minimum absolute atomic E-state index is 1.16. The largest absolute Gasteiger partial charge is 0.0885 e. The number of hydrogen-bond donors (Lipinski definition) is 0. The molecule has 0 bridgehead atoms. The molecule has 0 heteroatoms. The predicted molar refractivity (Wildman–Crippen MR) is 64.1 cm³/mol. The van der Waals surface area contributed by atoms with Crippen LogP contribution in [0.3, 0.4) is 0 Å². The predicted octanol–water partition coefficient (Wildman–Crippen LogP) is 4.83. The molecule has 0 aromatic heterocycles. The van der Waals surface area contributed by atoms with Crippen molar-refractivity contribution in [1.82, 2.24) is 0 Å². The zero-order valence-corrected chi connectivity index (χ0v) is 9.25. The van der Waals surface area contributed by atoms with Gasteiger partial charge < -0.3 is 0 Å². The molecule has 1 aliphatic rings. The lowest BCUT2D eigenvalue weighted by atomic mass is 10.1. The third kappa shape index (κ3) is 6.94. The van der Waals surface area contributed by atoms with Crippen molar-refractivity contribution in [2.45, 2.75) is 57.8 Å². The molecule has 0 aromatic rings. The Hall–Kier alpha value is -0.520. The molecule has 0 N–H and O–H groups in total. The standard InChI is InChI=1S/C14H23/c1-2-4-6-8-10-12-14-13-11-9-7-5-3-1/h1-2,5,11,13H,3-4,6-10,12,14H2/b2-1-,13-11+. The van der Waals surface area contributed by atoms with Gasteiger partial charge in [-0.05, 0) is 51.4 Å². The number of allylic oxidation sites excluding steroid dienone is 4. The van der Waals surface area contributed by atoms with Gasteiger partial charge in [-0.1, -0.05) is 37.1 Å². The Morgan fingerprint density at radius 3 is 1.93 bits per heavy atom. The van der Waals surface area contributed by atoms with Crippen LogP contribution < -0.4 is 0 Å². The van der Waals surface area contributed by atoms with Gasteiger partial charge in [0.1, 0.15) is 0 Å². The van der Waals surface area contributed by atoms with Crippen molar-refractivity contribution < 1.29 is 0 Å². The molecule has 0 unspecified atom stereocenters. The van der Waals surface area contributed by atoms with Crippen LogP contribution in [0.25, 0.3) is 0 Å². The Morgan fingerprint density at radius 1 is 0.500 bits per heavy atom. The molecule has 0 aromatic carbocycles. The topological polar surface area (TPSA) is 0 Å². The normalized spacial score (nSPS) is 26.3. The van der Waals surface area contributed by atoms with E-state index in [1.807, 2.05) is 0 Å². The summed E-state index contributed by atoms with van der Waals surface area (Å²) in [5, 5.41) is 0. The monoisotopic (exact) mass is 191 g/mol. The van der Waals surface area contributed by atoms with Crippen LogP contribution in [0.1, 0.15) is 57.8 Å². The van der Waals surface area contributed by atoms with Crippen molar-refractivity contribution in [3.05, 3.63) is 30.7 Å². The zero-order chi connectivity index (χ0) is 9.90. The average Bonchev–Trinajstić information content (AvgIpc) is 2.22. The van der Waals surface area contributed by atoms with Gasteiger partial charge in [-0.2, -0.15) is 0 Å². The summed E-state index contributed by atoms with van der Waals surface area (Å²) in [7, 11) is 0. The van der Waals surface area contributed by atoms with Gasteiger partial charge in [-0.3, -0.25) is 0 Å². The van der Waals surface area contributed by atoms with E-state index in [2.05, 4.69) is 30.7 Å². The van der Waals surface area contributed by atoms with E-state index in [-0.39, 0.29) is 0 Å². The highest BCUT2D eigenvalue weighted by Gasteiger charge is 1.89. The Morgan fingerprint density at radius 2 is 1.14 bits per heavy atom. The quantitative estimate of drug-likeness (QED) is 0.481. The molecule has 1 radical (unpaired) electrons. The molecule has 0 fully saturated rings. The lowest BCUT2D eigenvalue weighted by Crippen LogP contribution is -1.79. The fraction of sp³-hybridized carbons (Fsp3) is 0.643. The maximum absolute atomic E-state index is 2.38. The highest BCUT2D eigenvalue weighted by Crippen LogP contribution is 2.09. The fourth-order valence-corrected chi connectivity index (χ4v) is 1.76. The third-order valence-corrected chi connectivity index (χ3v) is 2.67. The first-order valence-electron chi connectivity index (χ1n) is 6.12. The third-order valence-electron chi connectivity index (χ3n) is 2.67. The van der Waals surface area contributed by atoms with E-state index in [0.29, 0.717) is 0 Å². The lowest BCUT2D eigenvalue weighted by Gasteiger charge is -1.99. The highest BCUT2D eigenvalue weighted by molar-refractivity contribution is 4.89. The minimum atomic E-state index is 1.16. The van der Waals surface area contributed by atoms with Gasteiger partial charge in [0.15, 0.2) is 0 Å². The zero-order valence-electron chi connectivity index (χ0n) is 9.25. The summed E-state index contributed by atoms with van der Waals surface area (Å²) in [6.07, 6.45) is 23.5. The fourth-order valence-electron chi connectivity index (χ4n) is 1.76. The summed E-state index contributed by atoms with van der Waals surface area (Å²) in [4.78, 5) is 0. The Balaban J connectivity index is 2.16. The first-order valence-corrected chi connectivity index (χ1v) is 6.12. The average molecular weight is 191 g/mol. The summed E-state index contributed by atoms with van der Waals surface area (Å²) in [5.74, 6) is 0. The smallest absolute Gasteiger partial charge is 0.0319 e. The van der Waals surface area contributed by atoms with E-state index in [1.54, 1.807) is 0 Å². The van der Waals surface area contributed by atoms with Gasteiger partial charge in [0.2, 0.25) is 0 Å². The van der Waals surface area contributed by atoms with Gasteiger partial charge in [-0.15, -0.1) is 0 Å². The van der Waals surface area contributed by atoms with Crippen molar-refractivity contribution in [2.75, 3.05) is 0 Å². The molecule has 79 valence electrons. The highest BCUT2D eigenvalue weighted by atomic mass is 14.0. The van der Waals surface area contributed by atoms with Gasteiger partial charge in [0, 0.05) is 0 Å². The SMILES string of the molecule is [CH]1C/C=C\CCCCCC/C=C/CC1. The van der Waals surface area contributed by atoms with Crippen molar-refractivity contribution in [2.24, 2.45) is 0 Å². The molecular formula is C14H23. The molecule has 0 saturated carbocycles. The molecule has 0 nitrogen and oxygen atoms in total. The van der Waals surface area contributed by atoms with Crippen molar-refractivity contribution >= 4 is 0 Å². The van der Waals surface area contributed by atoms with Crippen LogP contribution in [0.4, 0.5) is 0 Å². The van der Waals surface area contributed by atoms with Crippen LogP contribution in [-0.2, 0) is 0 Å². The Labute approximate surface area is 89.1 Å². The van der Waals surface area contributed by atoms with Crippen LogP contribution in [0.2, 0.25) is 0 Å². The Bertz CT molecular complexity index is 145. The molecular weight excluding hydrogens is 168 g/mol. The van der Waals surface area contributed by atoms with Gasteiger partial charge in [0.05, 0.1) is 0 Å². The molecule has 14 heavy (non-hydrogen) atoms. The van der Waals surface area contributed by atoms with Gasteiger partial charge in [-0.25, -0.2) is 0 Å². The molecule has 0 spiro atoms. The second kappa shape index (κ2) is 9.05. The van der Waals surface area contributed by atoms with Crippen LogP contribution in [0.15, 0.2) is 24.3 Å². The maximum Gasteiger partial charge on any atom is -0.0319 e. The van der Waals surface area contributed by atoms with Crippen LogP contribution in [0.5, 0.6) is 0 Å². The van der Waals surface area contributed by atoms with Crippen molar-refractivity contribution in [1.29, 1.82) is 0 Å². The minimum Gasteiger partial charge on any atom is -0.0885 e. The first kappa shape index (κ1) is 11.6. The summed E-state index contributed by atoms with van der Waals surface area (Å²) < 4.78 is 0.